The van der Waals surface area contributed by atoms with Gasteiger partial charge in [0, 0.05) is 31.4 Å². The first-order valence-electron chi connectivity index (χ1n) is 9.07. The number of nitrogens with two attached hydrogens (primary N) is 1. The lowest BCUT2D eigenvalue weighted by Gasteiger charge is -2.25. The molecule has 4 rings (SSSR count). The van der Waals surface area contributed by atoms with E-state index in [9.17, 15) is 4.39 Å². The number of nitrogens with zero attached hydrogens (tertiary/aromatic N) is 4. The molecule has 7 heteroatoms. The summed E-state index contributed by atoms with van der Waals surface area (Å²) in [6.45, 7) is 0.810. The fourth-order valence-electron chi connectivity index (χ4n) is 3.64. The number of halogens is 1. The Bertz CT molecular complexity index is 896. The van der Waals surface area contributed by atoms with Crippen molar-refractivity contribution in [3.63, 3.8) is 0 Å². The lowest BCUT2D eigenvalue weighted by molar-refractivity contribution is 0.288. The third kappa shape index (κ3) is 3.26. The van der Waals surface area contributed by atoms with Crippen LogP contribution in [0.5, 0.6) is 0 Å². The molecule has 1 aliphatic carbocycles. The molecule has 0 amide bonds. The third-order valence-corrected chi connectivity index (χ3v) is 5.15. The first kappa shape index (κ1) is 16.9. The first-order chi connectivity index (χ1) is 12.6. The van der Waals surface area contributed by atoms with Gasteiger partial charge in [-0.15, -0.1) is 0 Å². The maximum absolute atomic E-state index is 13.3. The van der Waals surface area contributed by atoms with Crippen molar-refractivity contribution >= 4 is 17.0 Å². The van der Waals surface area contributed by atoms with Crippen molar-refractivity contribution in [2.24, 2.45) is 11.7 Å². The van der Waals surface area contributed by atoms with Gasteiger partial charge in [0.15, 0.2) is 5.65 Å². The molecule has 0 bridgehead atoms. The lowest BCUT2D eigenvalue weighted by atomic mass is 9.86. The van der Waals surface area contributed by atoms with Crippen molar-refractivity contribution in [1.82, 2.24) is 19.7 Å². The van der Waals surface area contributed by atoms with Crippen LogP contribution in [0.1, 0.15) is 25.7 Å². The molecular formula is C19H23FN6. The maximum Gasteiger partial charge on any atom is 0.224 e. The Morgan fingerprint density at radius 3 is 2.62 bits per heavy atom. The van der Waals surface area contributed by atoms with E-state index < -0.39 is 0 Å². The largest absolute Gasteiger partial charge is 0.357 e. The fraction of sp³-hybridized carbons (Fsp3) is 0.421. The minimum Gasteiger partial charge on any atom is -0.357 e. The number of hydrogen-bond donors (Lipinski definition) is 2. The van der Waals surface area contributed by atoms with Crippen LogP contribution in [0.4, 0.5) is 10.3 Å². The van der Waals surface area contributed by atoms with Gasteiger partial charge in [-0.05, 0) is 55.9 Å². The number of nitrogens with one attached hydrogen (secondary N) is 1. The monoisotopic (exact) mass is 354 g/mol. The summed E-state index contributed by atoms with van der Waals surface area (Å²) in [5.74, 6) is 0.853. The van der Waals surface area contributed by atoms with E-state index in [1.165, 1.54) is 12.1 Å². The molecule has 1 aliphatic rings. The lowest BCUT2D eigenvalue weighted by Crippen LogP contribution is -2.28. The second-order valence-corrected chi connectivity index (χ2v) is 7.00. The Balaban J connectivity index is 1.74. The van der Waals surface area contributed by atoms with Gasteiger partial charge >= 0.3 is 0 Å². The maximum atomic E-state index is 13.3. The topological polar surface area (TPSA) is 81.7 Å². The average molecular weight is 354 g/mol. The summed E-state index contributed by atoms with van der Waals surface area (Å²) in [5.41, 5.74) is 8.48. The highest BCUT2D eigenvalue weighted by atomic mass is 19.1. The molecule has 3 N–H and O–H groups in total. The van der Waals surface area contributed by atoms with Crippen LogP contribution in [-0.2, 0) is 6.54 Å². The van der Waals surface area contributed by atoms with Crippen molar-refractivity contribution in [3.05, 3.63) is 36.3 Å². The van der Waals surface area contributed by atoms with E-state index in [-0.39, 0.29) is 5.82 Å². The van der Waals surface area contributed by atoms with Crippen LogP contribution in [0.2, 0.25) is 0 Å². The highest BCUT2D eigenvalue weighted by Crippen LogP contribution is 2.30. The second-order valence-electron chi connectivity index (χ2n) is 7.00. The highest BCUT2D eigenvalue weighted by molar-refractivity contribution is 5.91. The van der Waals surface area contributed by atoms with Gasteiger partial charge in [0.05, 0.1) is 5.39 Å². The van der Waals surface area contributed by atoms with E-state index in [2.05, 4.69) is 15.3 Å². The molecule has 1 aromatic carbocycles. The zero-order valence-electron chi connectivity index (χ0n) is 14.8. The molecule has 2 aromatic heterocycles. The zero-order valence-corrected chi connectivity index (χ0v) is 14.8. The van der Waals surface area contributed by atoms with E-state index in [4.69, 9.17) is 10.8 Å². The molecule has 0 unspecified atom stereocenters. The number of aromatic nitrogens is 4. The van der Waals surface area contributed by atoms with Gasteiger partial charge < -0.3 is 11.1 Å². The van der Waals surface area contributed by atoms with Crippen molar-refractivity contribution in [2.75, 3.05) is 12.4 Å². The van der Waals surface area contributed by atoms with Gasteiger partial charge in [0.1, 0.15) is 11.5 Å². The predicted octanol–water partition coefficient (Wildman–Crippen LogP) is 3.19. The molecule has 0 radical (unpaired) electrons. The Labute approximate surface area is 151 Å². The third-order valence-electron chi connectivity index (χ3n) is 5.15. The zero-order chi connectivity index (χ0) is 18.1. The number of benzene rings is 1. The molecule has 0 spiro atoms. The molecule has 136 valence electrons. The van der Waals surface area contributed by atoms with E-state index in [0.717, 1.165) is 54.5 Å². The number of fused-ring (bicyclic) bond motifs is 1. The first-order valence-corrected chi connectivity index (χ1v) is 9.07. The molecule has 0 saturated heterocycles. The van der Waals surface area contributed by atoms with E-state index in [0.29, 0.717) is 17.9 Å². The summed E-state index contributed by atoms with van der Waals surface area (Å²) in [7, 11) is 1.80. The normalized spacial score (nSPS) is 20.4. The molecule has 6 nitrogen and oxygen atoms in total. The summed E-state index contributed by atoms with van der Waals surface area (Å²) in [4.78, 5) is 8.95. The van der Waals surface area contributed by atoms with Gasteiger partial charge in [-0.1, -0.05) is 0 Å². The van der Waals surface area contributed by atoms with Crippen molar-refractivity contribution in [2.45, 2.75) is 38.3 Å². The minimum atomic E-state index is -0.259. The van der Waals surface area contributed by atoms with Gasteiger partial charge in [-0.25, -0.2) is 14.1 Å². The van der Waals surface area contributed by atoms with Crippen molar-refractivity contribution < 1.29 is 4.39 Å². The van der Waals surface area contributed by atoms with Crippen LogP contribution in [-0.4, -0.2) is 32.8 Å². The van der Waals surface area contributed by atoms with Crippen LogP contribution in [0, 0.1) is 11.7 Å². The molecule has 3 aromatic rings. The number of hydrogen-bond acceptors (Lipinski definition) is 5. The van der Waals surface area contributed by atoms with E-state index >= 15 is 0 Å². The predicted molar refractivity (Wildman–Crippen MR) is 100 cm³/mol. The van der Waals surface area contributed by atoms with Gasteiger partial charge in [-0.2, -0.15) is 10.1 Å². The molecule has 0 aliphatic heterocycles. The molecule has 2 heterocycles. The summed E-state index contributed by atoms with van der Waals surface area (Å²) < 4.78 is 15.3. The molecule has 1 fully saturated rings. The number of anilines is 1. The Morgan fingerprint density at radius 2 is 1.92 bits per heavy atom. The van der Waals surface area contributed by atoms with Gasteiger partial charge in [0.25, 0.3) is 0 Å². The summed E-state index contributed by atoms with van der Waals surface area (Å²) in [6.07, 6.45) is 6.13. The average Bonchev–Trinajstić information content (AvgIpc) is 3.02. The summed E-state index contributed by atoms with van der Waals surface area (Å²) in [5, 5.41) is 8.67. The smallest absolute Gasteiger partial charge is 0.224 e. The van der Waals surface area contributed by atoms with Crippen molar-refractivity contribution in [3.8, 4) is 11.3 Å². The molecular weight excluding hydrogens is 331 g/mol. The molecule has 26 heavy (non-hydrogen) atoms. The quantitative estimate of drug-likeness (QED) is 0.752. The standard InChI is InChI=1S/C19H23FN6/c1-22-19-23-10-16-17(13-4-6-14(20)7-5-13)25-26(18(16)24-19)11-12-2-8-15(21)9-3-12/h4-7,10,12,15H,2-3,8-9,11,21H2,1H3,(H,22,23,24). The SMILES string of the molecule is CNc1ncc2c(-c3ccc(F)cc3)nn(CC3CCC(N)CC3)c2n1. The summed E-state index contributed by atoms with van der Waals surface area (Å²) >= 11 is 0. The van der Waals surface area contributed by atoms with Crippen LogP contribution in [0.25, 0.3) is 22.3 Å². The minimum absolute atomic E-state index is 0.259. The van der Waals surface area contributed by atoms with Crippen molar-refractivity contribution in [1.29, 1.82) is 0 Å². The summed E-state index contributed by atoms with van der Waals surface area (Å²) in [6, 6.07) is 6.71. The Hall–Kier alpha value is -2.54. The Morgan fingerprint density at radius 1 is 1.19 bits per heavy atom. The van der Waals surface area contributed by atoms with E-state index in [1.54, 1.807) is 25.4 Å². The number of rotatable bonds is 4. The van der Waals surface area contributed by atoms with E-state index in [1.807, 2.05) is 4.68 Å². The van der Waals surface area contributed by atoms with Crippen LogP contribution < -0.4 is 11.1 Å². The van der Waals surface area contributed by atoms with Crippen LogP contribution in [0.3, 0.4) is 0 Å². The molecule has 1 saturated carbocycles. The van der Waals surface area contributed by atoms with Gasteiger partial charge in [0.2, 0.25) is 5.95 Å². The van der Waals surface area contributed by atoms with Gasteiger partial charge in [-0.3, -0.25) is 0 Å². The van der Waals surface area contributed by atoms with Crippen LogP contribution in [0.15, 0.2) is 30.5 Å². The second kappa shape index (κ2) is 6.99. The Kier molecular flexibility index (Phi) is 4.55. The van der Waals surface area contributed by atoms with Crippen LogP contribution >= 0.6 is 0 Å². The molecule has 0 atom stereocenters. The fourth-order valence-corrected chi connectivity index (χ4v) is 3.64. The highest BCUT2D eigenvalue weighted by Gasteiger charge is 2.22.